The summed E-state index contributed by atoms with van der Waals surface area (Å²) in [7, 11) is 3.62. The Morgan fingerprint density at radius 3 is 2.00 bits per heavy atom. The lowest BCUT2D eigenvalue weighted by atomic mass is 10.1. The van der Waals surface area contributed by atoms with E-state index in [1.807, 2.05) is 50.5 Å². The van der Waals surface area contributed by atoms with Gasteiger partial charge in [0.05, 0.1) is 5.69 Å². The lowest BCUT2D eigenvalue weighted by molar-refractivity contribution is 0.408. The zero-order chi connectivity index (χ0) is 16.7. The Morgan fingerprint density at radius 2 is 1.52 bits per heavy atom. The highest BCUT2D eigenvalue weighted by molar-refractivity contribution is 7.74. The van der Waals surface area contributed by atoms with Crippen LogP contribution in [0, 0.1) is 0 Å². The van der Waals surface area contributed by atoms with Crippen LogP contribution in [0.2, 0.25) is 0 Å². The first kappa shape index (κ1) is 16.9. The molecular weight excluding hydrogens is 314 g/mol. The van der Waals surface area contributed by atoms with Crippen molar-refractivity contribution in [2.75, 3.05) is 14.1 Å². The minimum Gasteiger partial charge on any atom is -0.740 e. The number of hydrogen-bond donors (Lipinski definition) is 0. The summed E-state index contributed by atoms with van der Waals surface area (Å²) in [5.41, 5.74) is 2.74. The fraction of sp³-hybridized carbons (Fsp3) is 0.125. The lowest BCUT2D eigenvalue weighted by Gasteiger charge is -2.06. The van der Waals surface area contributed by atoms with Crippen LogP contribution in [0.4, 0.5) is 5.69 Å². The normalized spacial score (nSPS) is 12.7. The van der Waals surface area contributed by atoms with Gasteiger partial charge in [0.1, 0.15) is 17.1 Å². The third kappa shape index (κ3) is 6.01. The predicted octanol–water partition coefficient (Wildman–Crippen LogP) is 3.59. The minimum atomic E-state index is -2.55. The van der Waals surface area contributed by atoms with Gasteiger partial charge in [-0.15, -0.1) is 5.11 Å². The van der Waals surface area contributed by atoms with E-state index in [9.17, 15) is 8.76 Å². The molecule has 2 aromatic rings. The van der Waals surface area contributed by atoms with E-state index in [1.165, 1.54) is 0 Å². The Balaban J connectivity index is 2.01. The summed E-state index contributed by atoms with van der Waals surface area (Å²) >= 11 is -2.55. The summed E-state index contributed by atoms with van der Waals surface area (Å²) in [4.78, 5) is 0. The Bertz CT molecular complexity index is 710. The molecule has 1 unspecified atom stereocenters. The molecule has 0 N–H and O–H groups in total. The van der Waals surface area contributed by atoms with Crippen molar-refractivity contribution in [1.82, 2.24) is 5.01 Å². The summed E-state index contributed by atoms with van der Waals surface area (Å²) in [6, 6.07) is 14.4. The standard InChI is InChI=1S/C16H17N3O3S/c1-19(2)18-17-15-9-5-13(6-10-15)3-4-14-7-11-16(12-8-14)22-23(20)21/h3-12H,1-2H3,(H,20,21)/p-1. The van der Waals surface area contributed by atoms with E-state index in [2.05, 4.69) is 14.5 Å². The molecule has 0 heterocycles. The maximum Gasteiger partial charge on any atom is 0.139 e. The van der Waals surface area contributed by atoms with Crippen LogP contribution in [0.5, 0.6) is 5.75 Å². The largest absolute Gasteiger partial charge is 0.740 e. The van der Waals surface area contributed by atoms with Crippen LogP contribution in [0.15, 0.2) is 58.9 Å². The van der Waals surface area contributed by atoms with E-state index in [4.69, 9.17) is 0 Å². The molecule has 6 nitrogen and oxygen atoms in total. The van der Waals surface area contributed by atoms with Crippen molar-refractivity contribution >= 4 is 29.2 Å². The summed E-state index contributed by atoms with van der Waals surface area (Å²) in [6.45, 7) is 0. The van der Waals surface area contributed by atoms with Crippen molar-refractivity contribution in [2.45, 2.75) is 0 Å². The molecule has 0 saturated carbocycles. The molecule has 0 spiro atoms. The van der Waals surface area contributed by atoms with Gasteiger partial charge in [-0.1, -0.05) is 41.6 Å². The van der Waals surface area contributed by atoms with Gasteiger partial charge in [-0.25, -0.2) is 4.21 Å². The molecule has 0 radical (unpaired) electrons. The van der Waals surface area contributed by atoms with Gasteiger partial charge in [-0.3, -0.25) is 5.01 Å². The second-order valence-corrected chi connectivity index (χ2v) is 5.39. The average molecular weight is 330 g/mol. The van der Waals surface area contributed by atoms with Gasteiger partial charge in [-0.05, 0) is 35.4 Å². The summed E-state index contributed by atoms with van der Waals surface area (Å²) < 4.78 is 25.4. The molecule has 2 rings (SSSR count). The monoisotopic (exact) mass is 330 g/mol. The van der Waals surface area contributed by atoms with Crippen LogP contribution >= 0.6 is 0 Å². The molecule has 0 aliphatic carbocycles. The van der Waals surface area contributed by atoms with Gasteiger partial charge >= 0.3 is 0 Å². The number of nitrogens with zero attached hydrogens (tertiary/aromatic N) is 3. The van der Waals surface area contributed by atoms with Gasteiger partial charge in [-0.2, -0.15) is 0 Å². The Morgan fingerprint density at radius 1 is 1.00 bits per heavy atom. The SMILES string of the molecule is CN(C)N=Nc1ccc(C=Cc2ccc(OS(=O)[O-])cc2)cc1. The van der Waals surface area contributed by atoms with E-state index in [1.54, 1.807) is 29.3 Å². The van der Waals surface area contributed by atoms with E-state index in [0.29, 0.717) is 0 Å². The molecule has 0 fully saturated rings. The predicted molar refractivity (Wildman–Crippen MR) is 89.6 cm³/mol. The first-order valence-electron chi connectivity index (χ1n) is 6.78. The molecule has 120 valence electrons. The highest BCUT2D eigenvalue weighted by Crippen LogP contribution is 2.17. The van der Waals surface area contributed by atoms with E-state index in [-0.39, 0.29) is 5.75 Å². The second kappa shape index (κ2) is 8.21. The third-order valence-electron chi connectivity index (χ3n) is 2.74. The second-order valence-electron chi connectivity index (χ2n) is 4.82. The van der Waals surface area contributed by atoms with Crippen molar-refractivity contribution in [3.05, 3.63) is 59.7 Å². The van der Waals surface area contributed by atoms with Crippen molar-refractivity contribution in [3.8, 4) is 5.75 Å². The highest BCUT2D eigenvalue weighted by Gasteiger charge is 1.94. The third-order valence-corrected chi connectivity index (χ3v) is 3.07. The van der Waals surface area contributed by atoms with Crippen molar-refractivity contribution in [1.29, 1.82) is 0 Å². The Hall–Kier alpha value is -2.51. The van der Waals surface area contributed by atoms with E-state index >= 15 is 0 Å². The van der Waals surface area contributed by atoms with Gasteiger partial charge < -0.3 is 8.74 Å². The Labute approximate surface area is 137 Å². The molecule has 0 aliphatic heterocycles. The van der Waals surface area contributed by atoms with Gasteiger partial charge in [0, 0.05) is 14.1 Å². The van der Waals surface area contributed by atoms with Crippen LogP contribution in [-0.4, -0.2) is 27.9 Å². The molecule has 2 aromatic carbocycles. The maximum absolute atomic E-state index is 10.4. The van der Waals surface area contributed by atoms with Crippen LogP contribution in [0.1, 0.15) is 11.1 Å². The zero-order valence-electron chi connectivity index (χ0n) is 12.7. The van der Waals surface area contributed by atoms with Crippen molar-refractivity contribution in [2.24, 2.45) is 10.3 Å². The number of benzene rings is 2. The molecule has 1 atom stereocenters. The van der Waals surface area contributed by atoms with Crippen LogP contribution in [0.25, 0.3) is 12.2 Å². The number of rotatable bonds is 6. The smallest absolute Gasteiger partial charge is 0.139 e. The van der Waals surface area contributed by atoms with Crippen LogP contribution < -0.4 is 4.18 Å². The molecule has 0 saturated heterocycles. The topological polar surface area (TPSA) is 77.3 Å². The molecular formula is C16H16N3O3S-. The molecule has 0 amide bonds. The highest BCUT2D eigenvalue weighted by atomic mass is 32.2. The summed E-state index contributed by atoms with van der Waals surface area (Å²) in [5, 5.41) is 9.62. The lowest BCUT2D eigenvalue weighted by Crippen LogP contribution is -1.98. The molecule has 23 heavy (non-hydrogen) atoms. The summed E-state index contributed by atoms with van der Waals surface area (Å²) in [5.74, 6) is 0.283. The van der Waals surface area contributed by atoms with E-state index < -0.39 is 11.4 Å². The Kier molecular flexibility index (Phi) is 6.02. The fourth-order valence-electron chi connectivity index (χ4n) is 1.70. The van der Waals surface area contributed by atoms with Gasteiger partial charge in [0.25, 0.3) is 0 Å². The first-order valence-corrected chi connectivity index (χ1v) is 7.78. The van der Waals surface area contributed by atoms with Gasteiger partial charge in [0.15, 0.2) is 0 Å². The fourth-order valence-corrected chi connectivity index (χ4v) is 1.97. The molecule has 7 heteroatoms. The van der Waals surface area contributed by atoms with E-state index in [0.717, 1.165) is 16.8 Å². The maximum atomic E-state index is 10.4. The quantitative estimate of drug-likeness (QED) is 0.351. The zero-order valence-corrected chi connectivity index (χ0v) is 13.6. The minimum absolute atomic E-state index is 0.283. The molecule has 0 bridgehead atoms. The van der Waals surface area contributed by atoms with Gasteiger partial charge in [0.2, 0.25) is 0 Å². The average Bonchev–Trinajstić information content (AvgIpc) is 2.53. The molecule has 0 aromatic heterocycles. The summed E-state index contributed by atoms with van der Waals surface area (Å²) in [6.07, 6.45) is 3.88. The number of hydrogen-bond acceptors (Lipinski definition) is 5. The van der Waals surface area contributed by atoms with Crippen LogP contribution in [-0.2, 0) is 11.4 Å². The van der Waals surface area contributed by atoms with Crippen molar-refractivity contribution in [3.63, 3.8) is 0 Å². The van der Waals surface area contributed by atoms with Crippen LogP contribution in [0.3, 0.4) is 0 Å². The first-order chi connectivity index (χ1) is 11.0. The van der Waals surface area contributed by atoms with Crippen molar-refractivity contribution < 1.29 is 12.9 Å². The molecule has 0 aliphatic rings.